The van der Waals surface area contributed by atoms with Crippen LogP contribution in [0.25, 0.3) is 0 Å². The minimum Gasteiger partial charge on any atom is -0.445 e. The van der Waals surface area contributed by atoms with E-state index < -0.39 is 77.9 Å². The zero-order chi connectivity index (χ0) is 55.6. The number of aliphatic hydroxyl groups is 1. The van der Waals surface area contributed by atoms with Crippen LogP contribution in [0.4, 0.5) is 4.79 Å². The fourth-order valence-corrected chi connectivity index (χ4v) is 9.56. The second-order valence-electron chi connectivity index (χ2n) is 19.6. The van der Waals surface area contributed by atoms with Crippen LogP contribution in [0, 0.1) is 0 Å². The normalized spacial score (nSPS) is 23.1. The van der Waals surface area contributed by atoms with E-state index in [0.29, 0.717) is 26.0 Å². The topological polar surface area (TPSA) is 151 Å². The molecule has 1 amide bonds. The molecule has 428 valence electrons. The van der Waals surface area contributed by atoms with Crippen LogP contribution in [0.1, 0.15) is 59.1 Å². The summed E-state index contributed by atoms with van der Waals surface area (Å²) in [6.07, 6.45) is -6.29. The lowest BCUT2D eigenvalue weighted by molar-refractivity contribution is -0.352. The summed E-state index contributed by atoms with van der Waals surface area (Å²) < 4.78 is 72.1. The molecule has 0 bridgehead atoms. The van der Waals surface area contributed by atoms with Gasteiger partial charge in [0.25, 0.3) is 0 Å². The molecule has 8 rings (SSSR count). The first kappa shape index (κ1) is 61.1. The van der Waals surface area contributed by atoms with Crippen molar-refractivity contribution in [3.05, 3.63) is 215 Å². The lowest BCUT2D eigenvalue weighted by atomic mass is 9.97. The molecule has 6 aromatic carbocycles. The van der Waals surface area contributed by atoms with Gasteiger partial charge in [0, 0.05) is 13.2 Å². The number of halogens is 3. The highest BCUT2D eigenvalue weighted by atomic mass is 35.6. The lowest BCUT2D eigenvalue weighted by Crippen LogP contribution is -2.64. The minimum absolute atomic E-state index is 0.0953. The highest BCUT2D eigenvalue weighted by Crippen LogP contribution is 2.35. The maximum atomic E-state index is 12.1. The van der Waals surface area contributed by atoms with E-state index >= 15 is 0 Å². The second-order valence-corrected chi connectivity index (χ2v) is 22.1. The number of nitrogens with one attached hydrogen (secondary N) is 1. The molecular weight excluding hydrogens is 1090 g/mol. The number of ether oxygens (including phenoxy) is 11. The molecule has 2 saturated heterocycles. The van der Waals surface area contributed by atoms with Gasteiger partial charge in [0.1, 0.15) is 55.4 Å². The number of hydrogen-bond donors (Lipinski definition) is 2. The Hall–Kier alpha value is -4.98. The molecule has 80 heavy (non-hydrogen) atoms. The molecule has 0 aromatic heterocycles. The molecule has 0 unspecified atom stereocenters. The fraction of sp³-hybridized carbons (Fsp3) is 0.413. The monoisotopic (exact) mass is 1160 g/mol. The number of amides is 1. The molecule has 0 spiro atoms. The van der Waals surface area contributed by atoms with Gasteiger partial charge in [-0.25, -0.2) is 4.79 Å². The van der Waals surface area contributed by atoms with Gasteiger partial charge >= 0.3 is 6.09 Å². The number of carbonyl (C=O) groups excluding carboxylic acids is 1. The van der Waals surface area contributed by atoms with Gasteiger partial charge in [0.2, 0.25) is 3.79 Å². The lowest BCUT2D eigenvalue weighted by Gasteiger charge is -2.48. The molecule has 2 fully saturated rings. The van der Waals surface area contributed by atoms with E-state index in [1.54, 1.807) is 0 Å². The molecule has 0 radical (unpaired) electrons. The molecule has 0 saturated carbocycles. The van der Waals surface area contributed by atoms with Crippen molar-refractivity contribution in [3.63, 3.8) is 0 Å². The van der Waals surface area contributed by atoms with E-state index in [1.807, 2.05) is 182 Å². The van der Waals surface area contributed by atoms with E-state index in [1.165, 1.54) is 0 Å². The summed E-state index contributed by atoms with van der Waals surface area (Å²) >= 11 is 17.2. The molecule has 2 heterocycles. The number of alkyl halides is 3. The summed E-state index contributed by atoms with van der Waals surface area (Å²) in [5.41, 5.74) is 5.67. The fourth-order valence-electron chi connectivity index (χ4n) is 9.40. The van der Waals surface area contributed by atoms with Crippen LogP contribution in [-0.4, -0.2) is 109 Å². The van der Waals surface area contributed by atoms with E-state index in [-0.39, 0.29) is 52.9 Å². The first-order valence-electron chi connectivity index (χ1n) is 27.2. The Labute approximate surface area is 484 Å². The molecule has 2 N–H and O–H groups in total. The van der Waals surface area contributed by atoms with Crippen molar-refractivity contribution in [2.45, 2.75) is 131 Å². The average molecular weight is 1160 g/mol. The molecule has 17 heteroatoms. The van der Waals surface area contributed by atoms with E-state index in [0.717, 1.165) is 46.2 Å². The summed E-state index contributed by atoms with van der Waals surface area (Å²) in [5.74, 6) is 0. The Morgan fingerprint density at radius 1 is 0.425 bits per heavy atom. The molecule has 14 nitrogen and oxygen atoms in total. The molecule has 0 aliphatic carbocycles. The molecular formula is C63H72Cl3NO13. The van der Waals surface area contributed by atoms with Gasteiger partial charge in [0.15, 0.2) is 12.6 Å². The van der Waals surface area contributed by atoms with Gasteiger partial charge in [-0.15, -0.1) is 0 Å². The van der Waals surface area contributed by atoms with Crippen molar-refractivity contribution in [1.29, 1.82) is 0 Å². The number of aliphatic hydroxyl groups excluding tert-OH is 1. The average Bonchev–Trinajstić information content (AvgIpc) is 3.52. The first-order valence-corrected chi connectivity index (χ1v) is 28.4. The van der Waals surface area contributed by atoms with Gasteiger partial charge in [0.05, 0.1) is 52.9 Å². The smallest absolute Gasteiger partial charge is 0.407 e. The third-order valence-electron chi connectivity index (χ3n) is 13.5. The largest absolute Gasteiger partial charge is 0.445 e. The first-order chi connectivity index (χ1) is 39.2. The van der Waals surface area contributed by atoms with E-state index in [9.17, 15) is 9.90 Å². The number of benzene rings is 6. The maximum Gasteiger partial charge on any atom is 0.407 e. The quantitative estimate of drug-likeness (QED) is 0.0314. The van der Waals surface area contributed by atoms with Crippen LogP contribution >= 0.6 is 34.8 Å². The standard InChI is InChI=1S/C63H72Cl3NO13/c64-63(65,66)45-78-62(69)67-35-21-1-2-22-36-70-60-58(75-42-50-31-17-7-18-32-50)57(74-41-49-29-15-6-16-30-49)55(72-39-47-25-11-4-12-26-47)53(80-60)44-77-61-59(76-43-51-33-19-8-20-34-51)56(73-40-48-27-13-5-14-28-48)54(52(37-68)79-61)71-38-46-23-9-3-10-24-46/h3-20,23-34,52-61,68H,1-2,21-22,35-45H2,(H,67,69)/t52-,53-,54+,55+,56+,57+,58-,59-,60-,61+/m1/s1. The Balaban J connectivity index is 1.08. The van der Waals surface area contributed by atoms with Crippen molar-refractivity contribution in [2.24, 2.45) is 0 Å². The van der Waals surface area contributed by atoms with Crippen LogP contribution in [0.5, 0.6) is 0 Å². The third-order valence-corrected chi connectivity index (χ3v) is 13.8. The number of alkyl carbamates (subject to hydrolysis) is 1. The van der Waals surface area contributed by atoms with Crippen LogP contribution < -0.4 is 5.32 Å². The van der Waals surface area contributed by atoms with Crippen molar-refractivity contribution in [2.75, 3.05) is 33.0 Å². The van der Waals surface area contributed by atoms with Gasteiger partial charge in [-0.05, 0) is 46.2 Å². The van der Waals surface area contributed by atoms with E-state index in [4.69, 9.17) is 86.9 Å². The maximum absolute atomic E-state index is 12.1. The summed E-state index contributed by atoms with van der Waals surface area (Å²) in [7, 11) is 0. The number of carbonyl (C=O) groups is 1. The van der Waals surface area contributed by atoms with Gasteiger partial charge in [-0.1, -0.05) is 230 Å². The number of rotatable bonds is 31. The number of hydrogen-bond acceptors (Lipinski definition) is 13. The van der Waals surface area contributed by atoms with Gasteiger partial charge in [-0.3, -0.25) is 0 Å². The van der Waals surface area contributed by atoms with Crippen LogP contribution in [-0.2, 0) is 91.7 Å². The second kappa shape index (κ2) is 33.2. The Morgan fingerprint density at radius 3 is 1.15 bits per heavy atom. The zero-order valence-electron chi connectivity index (χ0n) is 44.7. The number of unbranched alkanes of at least 4 members (excludes halogenated alkanes) is 3. The zero-order valence-corrected chi connectivity index (χ0v) is 46.9. The predicted molar refractivity (Wildman–Crippen MR) is 305 cm³/mol. The van der Waals surface area contributed by atoms with Crippen LogP contribution in [0.2, 0.25) is 0 Å². The summed E-state index contributed by atoms with van der Waals surface area (Å²) in [6.45, 7) is 1.20. The predicted octanol–water partition coefficient (Wildman–Crippen LogP) is 11.6. The summed E-state index contributed by atoms with van der Waals surface area (Å²) in [4.78, 5) is 12.1. The molecule has 2 aliphatic rings. The Kier molecular flexibility index (Phi) is 25.4. The van der Waals surface area contributed by atoms with Crippen molar-refractivity contribution in [1.82, 2.24) is 5.32 Å². The summed E-state index contributed by atoms with van der Waals surface area (Å²) in [6, 6.07) is 59.3. The minimum atomic E-state index is -1.69. The van der Waals surface area contributed by atoms with Gasteiger partial charge < -0.3 is 62.5 Å². The highest BCUT2D eigenvalue weighted by Gasteiger charge is 2.52. The van der Waals surface area contributed by atoms with Crippen molar-refractivity contribution >= 4 is 40.9 Å². The van der Waals surface area contributed by atoms with Crippen molar-refractivity contribution in [3.8, 4) is 0 Å². The Morgan fingerprint density at radius 2 is 0.762 bits per heavy atom. The SMILES string of the molecule is O=C(NCCCCCCO[C@@H]1O[C@H](CO[C@H]2O[C@H](CO)[C@H](OCc3ccccc3)[C@H](OCc3ccccc3)[C@H]2OCc2ccccc2)[C@H](OCc2ccccc2)[C@H](OCc2ccccc2)[C@H]1OCc1ccccc1)OCC(Cl)(Cl)Cl. The summed E-state index contributed by atoms with van der Waals surface area (Å²) in [5, 5.41) is 13.8. The highest BCUT2D eigenvalue weighted by molar-refractivity contribution is 6.67. The molecule has 2 aliphatic heterocycles. The van der Waals surface area contributed by atoms with Crippen molar-refractivity contribution < 1.29 is 62.0 Å². The molecule has 6 aromatic rings. The van der Waals surface area contributed by atoms with Crippen LogP contribution in [0.15, 0.2) is 182 Å². The third kappa shape index (κ3) is 20.2. The van der Waals surface area contributed by atoms with Crippen LogP contribution in [0.3, 0.4) is 0 Å². The Bertz CT molecular complexity index is 2620. The van der Waals surface area contributed by atoms with Gasteiger partial charge in [-0.2, -0.15) is 0 Å². The van der Waals surface area contributed by atoms with E-state index in [2.05, 4.69) is 5.32 Å². The molecule has 10 atom stereocenters.